The predicted molar refractivity (Wildman–Crippen MR) is 110 cm³/mol. The van der Waals surface area contributed by atoms with Crippen molar-refractivity contribution in [3.8, 4) is 11.1 Å². The fourth-order valence-corrected chi connectivity index (χ4v) is 5.16. The van der Waals surface area contributed by atoms with E-state index in [1.165, 1.54) is 31.5 Å². The van der Waals surface area contributed by atoms with Crippen LogP contribution >= 0.6 is 11.3 Å². The Bertz CT molecular complexity index is 959. The number of carboxylic acid groups (broad SMARTS) is 1. The number of H-pyrrole nitrogens is 1. The first kappa shape index (κ1) is 18.8. The summed E-state index contributed by atoms with van der Waals surface area (Å²) < 4.78 is 0. The van der Waals surface area contributed by atoms with Crippen LogP contribution in [0.5, 0.6) is 0 Å². The maximum absolute atomic E-state index is 12.9. The highest BCUT2D eigenvalue weighted by molar-refractivity contribution is 7.08. The van der Waals surface area contributed by atoms with Gasteiger partial charge < -0.3 is 10.0 Å². The molecule has 7 heteroatoms. The highest BCUT2D eigenvalue weighted by atomic mass is 32.1. The van der Waals surface area contributed by atoms with Crippen LogP contribution in [0.1, 0.15) is 29.8 Å². The molecule has 1 atom stereocenters. The van der Waals surface area contributed by atoms with Crippen molar-refractivity contribution < 1.29 is 14.7 Å². The monoisotopic (exact) mass is 397 g/mol. The number of ketones is 1. The first-order chi connectivity index (χ1) is 13.7. The minimum atomic E-state index is -0.250. The van der Waals surface area contributed by atoms with Gasteiger partial charge in [-0.2, -0.15) is 16.4 Å². The normalized spacial score (nSPS) is 23.2. The van der Waals surface area contributed by atoms with Gasteiger partial charge in [-0.15, -0.1) is 0 Å². The van der Waals surface area contributed by atoms with E-state index in [1.807, 2.05) is 6.07 Å². The smallest absolute Gasteiger partial charge is 0.290 e. The number of Topliss-reactive ketones (excluding diaryl/α,β-unsaturated/α-hetero) is 1. The van der Waals surface area contributed by atoms with Crippen LogP contribution < -0.4 is 0 Å². The van der Waals surface area contributed by atoms with Crippen molar-refractivity contribution in [3.05, 3.63) is 40.7 Å². The summed E-state index contributed by atoms with van der Waals surface area (Å²) in [6, 6.07) is 8.33. The van der Waals surface area contributed by atoms with Crippen molar-refractivity contribution in [2.24, 2.45) is 11.8 Å². The molecule has 3 fully saturated rings. The molecular formula is C21H23N3O3S. The quantitative estimate of drug-likeness (QED) is 0.515. The van der Waals surface area contributed by atoms with Gasteiger partial charge in [0.1, 0.15) is 5.69 Å². The summed E-state index contributed by atoms with van der Waals surface area (Å²) in [6.45, 7) is 3.26. The topological polar surface area (TPSA) is 86.3 Å². The molecule has 3 saturated heterocycles. The lowest BCUT2D eigenvalue weighted by atomic mass is 9.76. The number of aromatic nitrogens is 2. The number of hydrogen-bond acceptors (Lipinski definition) is 5. The molecule has 6 rings (SSSR count). The lowest BCUT2D eigenvalue weighted by Gasteiger charge is -2.44. The van der Waals surface area contributed by atoms with E-state index in [0.29, 0.717) is 18.0 Å². The first-order valence-corrected chi connectivity index (χ1v) is 10.5. The second kappa shape index (κ2) is 8.24. The number of nitrogens with zero attached hydrogens (tertiary/aromatic N) is 2. The molecule has 0 amide bonds. The molecular weight excluding hydrogens is 374 g/mol. The number of aromatic amines is 1. The molecule has 3 aromatic rings. The van der Waals surface area contributed by atoms with Crippen molar-refractivity contribution in [2.75, 3.05) is 19.6 Å². The SMILES string of the molecule is O=C(C[C@@H]1CN2CCC1CC2)c1n[nH]c2cc(-c3ccsc3)ccc12.O=CO. The van der Waals surface area contributed by atoms with E-state index in [1.54, 1.807) is 11.3 Å². The van der Waals surface area contributed by atoms with E-state index >= 15 is 0 Å². The standard InChI is InChI=1S/C20H21N3OS.CH2O2/c24-19(10-16-11-23-6-3-13(16)4-7-23)20-17-2-1-14(9-18(17)21-22-20)15-5-8-25-12-15;2-1-3/h1-2,5,8-9,12-13,16H,3-4,6-7,10-11H2,(H,21,22);1H,(H,2,3)/t16-;/m1./s1. The molecule has 0 saturated carbocycles. The summed E-state index contributed by atoms with van der Waals surface area (Å²) in [5.41, 5.74) is 3.93. The van der Waals surface area contributed by atoms with Gasteiger partial charge in [0.2, 0.25) is 0 Å². The molecule has 2 aromatic heterocycles. The molecule has 0 spiro atoms. The molecule has 1 aromatic carbocycles. The Labute approximate surface area is 167 Å². The maximum atomic E-state index is 12.9. The van der Waals surface area contributed by atoms with E-state index in [4.69, 9.17) is 9.90 Å². The second-order valence-electron chi connectivity index (χ2n) is 7.48. The highest BCUT2D eigenvalue weighted by Crippen LogP contribution is 2.35. The third kappa shape index (κ3) is 3.72. The van der Waals surface area contributed by atoms with E-state index in [0.717, 1.165) is 28.9 Å². The summed E-state index contributed by atoms with van der Waals surface area (Å²) in [6.07, 6.45) is 3.14. The minimum absolute atomic E-state index is 0.188. The van der Waals surface area contributed by atoms with Crippen molar-refractivity contribution in [3.63, 3.8) is 0 Å². The lowest BCUT2D eigenvalue weighted by molar-refractivity contribution is -0.122. The lowest BCUT2D eigenvalue weighted by Crippen LogP contribution is -2.47. The van der Waals surface area contributed by atoms with Gasteiger partial charge in [-0.05, 0) is 77.9 Å². The number of rotatable bonds is 4. The van der Waals surface area contributed by atoms with Crippen LogP contribution in [0.25, 0.3) is 22.0 Å². The van der Waals surface area contributed by atoms with Gasteiger partial charge in [0, 0.05) is 18.4 Å². The largest absolute Gasteiger partial charge is 0.483 e. The number of thiophene rings is 1. The van der Waals surface area contributed by atoms with Gasteiger partial charge in [-0.3, -0.25) is 14.7 Å². The van der Waals surface area contributed by atoms with E-state index in [-0.39, 0.29) is 12.3 Å². The van der Waals surface area contributed by atoms with E-state index in [2.05, 4.69) is 44.1 Å². The van der Waals surface area contributed by atoms with Crippen molar-refractivity contribution in [1.82, 2.24) is 15.1 Å². The van der Waals surface area contributed by atoms with Crippen LogP contribution in [0.3, 0.4) is 0 Å². The Hall–Kier alpha value is -2.51. The summed E-state index contributed by atoms with van der Waals surface area (Å²) in [4.78, 5) is 23.7. The van der Waals surface area contributed by atoms with Gasteiger partial charge in [0.05, 0.1) is 5.52 Å². The number of carbonyl (C=O) groups excluding carboxylic acids is 1. The third-order valence-corrected chi connectivity index (χ3v) is 6.60. The molecule has 28 heavy (non-hydrogen) atoms. The van der Waals surface area contributed by atoms with Gasteiger partial charge >= 0.3 is 0 Å². The fourth-order valence-electron chi connectivity index (χ4n) is 4.49. The molecule has 0 radical (unpaired) electrons. The van der Waals surface area contributed by atoms with Crippen LogP contribution in [-0.2, 0) is 4.79 Å². The average molecular weight is 398 g/mol. The maximum Gasteiger partial charge on any atom is 0.290 e. The van der Waals surface area contributed by atoms with Gasteiger partial charge in [-0.25, -0.2) is 0 Å². The molecule has 5 heterocycles. The Morgan fingerprint density at radius 1 is 1.29 bits per heavy atom. The molecule has 6 nitrogen and oxygen atoms in total. The number of carbonyl (C=O) groups is 2. The second-order valence-corrected chi connectivity index (χ2v) is 8.26. The van der Waals surface area contributed by atoms with Gasteiger partial charge in [0.15, 0.2) is 5.78 Å². The highest BCUT2D eigenvalue weighted by Gasteiger charge is 2.35. The molecule has 0 aliphatic carbocycles. The van der Waals surface area contributed by atoms with Crippen molar-refractivity contribution >= 4 is 34.5 Å². The molecule has 2 bridgehead atoms. The zero-order chi connectivity index (χ0) is 19.5. The molecule has 2 N–H and O–H groups in total. The number of piperidine rings is 3. The summed E-state index contributed by atoms with van der Waals surface area (Å²) in [5, 5.41) is 19.5. The summed E-state index contributed by atoms with van der Waals surface area (Å²) >= 11 is 1.69. The van der Waals surface area contributed by atoms with Crippen LogP contribution in [0.15, 0.2) is 35.0 Å². The molecule has 3 aliphatic rings. The summed E-state index contributed by atoms with van der Waals surface area (Å²) in [7, 11) is 0. The van der Waals surface area contributed by atoms with Crippen LogP contribution in [-0.4, -0.2) is 52.1 Å². The fraction of sp³-hybridized carbons (Fsp3) is 0.381. The van der Waals surface area contributed by atoms with Crippen molar-refractivity contribution in [2.45, 2.75) is 19.3 Å². The van der Waals surface area contributed by atoms with E-state index < -0.39 is 0 Å². The van der Waals surface area contributed by atoms with Crippen LogP contribution in [0.4, 0.5) is 0 Å². The zero-order valence-electron chi connectivity index (χ0n) is 15.5. The Balaban J connectivity index is 0.000000604. The molecule has 146 valence electrons. The summed E-state index contributed by atoms with van der Waals surface area (Å²) in [5.74, 6) is 1.42. The van der Waals surface area contributed by atoms with Gasteiger partial charge in [0.25, 0.3) is 6.47 Å². The first-order valence-electron chi connectivity index (χ1n) is 9.53. The van der Waals surface area contributed by atoms with Crippen molar-refractivity contribution in [1.29, 1.82) is 0 Å². The number of fused-ring (bicyclic) bond motifs is 4. The minimum Gasteiger partial charge on any atom is -0.483 e. The molecule has 0 unspecified atom stereocenters. The third-order valence-electron chi connectivity index (χ3n) is 5.92. The predicted octanol–water partition coefficient (Wildman–Crippen LogP) is 3.91. The number of nitrogens with one attached hydrogen (secondary N) is 1. The molecule has 3 aliphatic heterocycles. The van der Waals surface area contributed by atoms with Gasteiger partial charge in [-0.1, -0.05) is 6.07 Å². The average Bonchev–Trinajstić information content (AvgIpc) is 3.39. The Morgan fingerprint density at radius 3 is 2.71 bits per heavy atom. The van der Waals surface area contributed by atoms with E-state index in [9.17, 15) is 4.79 Å². The Kier molecular flexibility index (Phi) is 5.54. The Morgan fingerprint density at radius 2 is 2.07 bits per heavy atom. The van der Waals surface area contributed by atoms with Crippen LogP contribution in [0, 0.1) is 11.8 Å². The number of benzene rings is 1. The van der Waals surface area contributed by atoms with Crippen LogP contribution in [0.2, 0.25) is 0 Å². The number of hydrogen-bond donors (Lipinski definition) is 2. The zero-order valence-corrected chi connectivity index (χ0v) is 16.3.